The summed E-state index contributed by atoms with van der Waals surface area (Å²) in [5.74, 6) is 5.38. The molecular formula is C20H20N8O2S. The molecule has 2 unspecified atom stereocenters. The first-order valence-electron chi connectivity index (χ1n) is 9.67. The Hall–Kier alpha value is -3.41. The number of nitrogens with one attached hydrogen (secondary N) is 2. The molecule has 0 saturated carbocycles. The van der Waals surface area contributed by atoms with E-state index in [4.69, 9.17) is 9.66 Å². The summed E-state index contributed by atoms with van der Waals surface area (Å²) in [6, 6.07) is 13.0. The highest BCUT2D eigenvalue weighted by Gasteiger charge is 2.23. The normalized spacial score (nSPS) is 18.2. The van der Waals surface area contributed by atoms with Crippen molar-refractivity contribution in [1.82, 2.24) is 36.1 Å². The number of rotatable bonds is 5. The second-order valence-electron chi connectivity index (χ2n) is 7.36. The van der Waals surface area contributed by atoms with E-state index in [1.807, 2.05) is 30.3 Å². The number of aromatic amines is 1. The molecule has 0 radical (unpaired) electrons. The number of nitrogens with two attached hydrogens (primary N) is 1. The van der Waals surface area contributed by atoms with E-state index in [1.165, 1.54) is 0 Å². The predicted octanol–water partition coefficient (Wildman–Crippen LogP) is 1.61. The highest BCUT2D eigenvalue weighted by atomic mass is 32.2. The largest absolute Gasteiger partial charge is 0.339 e. The first-order valence-corrected chi connectivity index (χ1v) is 11.5. The maximum atomic E-state index is 12.6. The minimum absolute atomic E-state index is 0.259. The Labute approximate surface area is 178 Å². The van der Waals surface area contributed by atoms with Crippen molar-refractivity contribution in [2.45, 2.75) is 17.2 Å². The van der Waals surface area contributed by atoms with Crippen LogP contribution in [-0.2, 0) is 9.71 Å². The molecule has 1 saturated heterocycles. The maximum Gasteiger partial charge on any atom is 0.231 e. The van der Waals surface area contributed by atoms with Crippen LogP contribution in [0.25, 0.3) is 33.9 Å². The van der Waals surface area contributed by atoms with Gasteiger partial charge in [-0.15, -0.1) is 10.2 Å². The van der Waals surface area contributed by atoms with E-state index < -0.39 is 9.71 Å². The van der Waals surface area contributed by atoms with Gasteiger partial charge in [-0.05, 0) is 41.2 Å². The monoisotopic (exact) mass is 436 g/mol. The lowest BCUT2D eigenvalue weighted by molar-refractivity contribution is 0.359. The second-order valence-corrected chi connectivity index (χ2v) is 9.26. The zero-order valence-corrected chi connectivity index (χ0v) is 17.3. The molecule has 4 N–H and O–H groups in total. The Balaban J connectivity index is 1.53. The van der Waals surface area contributed by atoms with Gasteiger partial charge in [-0.3, -0.25) is 5.14 Å². The maximum absolute atomic E-state index is 12.6. The topological polar surface area (TPSA) is 148 Å². The quantitative estimate of drug-likeness (QED) is 0.400. The van der Waals surface area contributed by atoms with Crippen molar-refractivity contribution in [3.8, 4) is 33.9 Å². The summed E-state index contributed by atoms with van der Waals surface area (Å²) >= 11 is 0. The Morgan fingerprint density at radius 2 is 1.94 bits per heavy atom. The van der Waals surface area contributed by atoms with E-state index in [9.17, 15) is 4.21 Å². The highest BCUT2D eigenvalue weighted by molar-refractivity contribution is 7.98. The average molecular weight is 437 g/mol. The van der Waals surface area contributed by atoms with Crippen LogP contribution in [0.15, 0.2) is 51.9 Å². The summed E-state index contributed by atoms with van der Waals surface area (Å²) in [6.07, 6.45) is 0.992. The SMILES string of the molecule is C=S(N)(=O)c1cccc(-c2ccc(-c3noc(C4CCNC4)n3)cc2)c1-c1nn[nH]n1. The molecule has 0 spiro atoms. The summed E-state index contributed by atoms with van der Waals surface area (Å²) in [7, 11) is -3.01. The Morgan fingerprint density at radius 3 is 2.61 bits per heavy atom. The average Bonchev–Trinajstić information content (AvgIpc) is 3.55. The fourth-order valence-electron chi connectivity index (χ4n) is 3.74. The molecule has 2 atom stereocenters. The van der Waals surface area contributed by atoms with Crippen LogP contribution in [-0.4, -0.2) is 53.9 Å². The molecule has 0 amide bonds. The van der Waals surface area contributed by atoms with E-state index in [-0.39, 0.29) is 5.92 Å². The first-order chi connectivity index (χ1) is 15.0. The third kappa shape index (κ3) is 3.74. The Bertz CT molecular complexity index is 1310. The molecular weight excluding hydrogens is 416 g/mol. The van der Waals surface area contributed by atoms with Gasteiger partial charge in [0.05, 0.1) is 20.5 Å². The summed E-state index contributed by atoms with van der Waals surface area (Å²) in [5, 5.41) is 27.5. The molecule has 11 heteroatoms. The molecule has 31 heavy (non-hydrogen) atoms. The van der Waals surface area contributed by atoms with Crippen LogP contribution in [0.1, 0.15) is 18.2 Å². The van der Waals surface area contributed by atoms with Gasteiger partial charge < -0.3 is 9.84 Å². The van der Waals surface area contributed by atoms with Gasteiger partial charge in [0.2, 0.25) is 17.5 Å². The number of aromatic nitrogens is 6. The van der Waals surface area contributed by atoms with Crippen LogP contribution < -0.4 is 10.5 Å². The number of benzene rings is 2. The third-order valence-electron chi connectivity index (χ3n) is 5.27. The van der Waals surface area contributed by atoms with Crippen molar-refractivity contribution in [2.75, 3.05) is 13.1 Å². The second kappa shape index (κ2) is 7.69. The number of hydrogen-bond donors (Lipinski definition) is 3. The molecule has 4 aromatic rings. The van der Waals surface area contributed by atoms with Gasteiger partial charge in [-0.1, -0.05) is 41.6 Å². The van der Waals surface area contributed by atoms with Gasteiger partial charge in [0.1, 0.15) is 0 Å². The van der Waals surface area contributed by atoms with E-state index in [0.29, 0.717) is 28.0 Å². The standard InChI is InChI=1S/C20H20N8O2S/c1-31(21,29)16-4-2-3-15(17(16)19-24-27-28-25-19)12-5-7-13(8-6-12)18-23-20(30-26-18)14-9-10-22-11-14/h2-8,14,22H,1,9-11H2,(H2,21,29)(H,24,25,27,28). The number of tetrazole rings is 1. The van der Waals surface area contributed by atoms with Gasteiger partial charge >= 0.3 is 0 Å². The minimum atomic E-state index is -3.01. The molecule has 3 heterocycles. The molecule has 1 aliphatic rings. The third-order valence-corrected chi connectivity index (χ3v) is 6.36. The molecule has 0 aliphatic carbocycles. The van der Waals surface area contributed by atoms with Crippen molar-refractivity contribution in [3.05, 3.63) is 48.4 Å². The van der Waals surface area contributed by atoms with Gasteiger partial charge in [-0.25, -0.2) is 4.21 Å². The van der Waals surface area contributed by atoms with E-state index in [1.54, 1.807) is 12.1 Å². The Morgan fingerprint density at radius 1 is 1.13 bits per heavy atom. The fraction of sp³-hybridized carbons (Fsp3) is 0.200. The predicted molar refractivity (Wildman–Crippen MR) is 116 cm³/mol. The molecule has 5 rings (SSSR count). The molecule has 2 aromatic heterocycles. The lowest BCUT2D eigenvalue weighted by atomic mass is 9.98. The zero-order valence-electron chi connectivity index (χ0n) is 16.5. The smallest absolute Gasteiger partial charge is 0.231 e. The Kier molecular flexibility index (Phi) is 4.85. The van der Waals surface area contributed by atoms with Gasteiger partial charge in [0.25, 0.3) is 0 Å². The lowest BCUT2D eigenvalue weighted by Crippen LogP contribution is -2.14. The summed E-state index contributed by atoms with van der Waals surface area (Å²) < 4.78 is 18.0. The van der Waals surface area contributed by atoms with Crippen LogP contribution in [0, 0.1) is 0 Å². The van der Waals surface area contributed by atoms with Crippen LogP contribution in [0.2, 0.25) is 0 Å². The van der Waals surface area contributed by atoms with Crippen molar-refractivity contribution in [1.29, 1.82) is 0 Å². The van der Waals surface area contributed by atoms with Crippen LogP contribution in [0.5, 0.6) is 0 Å². The van der Waals surface area contributed by atoms with Crippen LogP contribution in [0.4, 0.5) is 0 Å². The molecule has 0 bridgehead atoms. The summed E-state index contributed by atoms with van der Waals surface area (Å²) in [5.41, 5.74) is 2.99. The van der Waals surface area contributed by atoms with E-state index in [2.05, 4.69) is 42.0 Å². The van der Waals surface area contributed by atoms with E-state index in [0.717, 1.165) is 36.2 Å². The summed E-state index contributed by atoms with van der Waals surface area (Å²) in [4.78, 5) is 4.92. The van der Waals surface area contributed by atoms with Gasteiger partial charge in [0.15, 0.2) is 0 Å². The van der Waals surface area contributed by atoms with Crippen molar-refractivity contribution in [2.24, 2.45) is 5.14 Å². The molecule has 2 aromatic carbocycles. The molecule has 158 valence electrons. The van der Waals surface area contributed by atoms with E-state index >= 15 is 0 Å². The first kappa shape index (κ1) is 19.5. The number of hydrogen-bond acceptors (Lipinski definition) is 8. The van der Waals surface area contributed by atoms with Crippen molar-refractivity contribution in [3.63, 3.8) is 0 Å². The van der Waals surface area contributed by atoms with Crippen LogP contribution in [0.3, 0.4) is 0 Å². The fourth-order valence-corrected chi connectivity index (χ4v) is 4.60. The number of H-pyrrole nitrogens is 1. The van der Waals surface area contributed by atoms with Gasteiger partial charge in [-0.2, -0.15) is 10.2 Å². The number of nitrogens with zero attached hydrogens (tertiary/aromatic N) is 5. The highest BCUT2D eigenvalue weighted by Crippen LogP contribution is 2.35. The van der Waals surface area contributed by atoms with Crippen molar-refractivity contribution < 1.29 is 8.73 Å². The lowest BCUT2D eigenvalue weighted by Gasteiger charge is -2.13. The molecule has 10 nitrogen and oxygen atoms in total. The molecule has 1 fully saturated rings. The van der Waals surface area contributed by atoms with Gasteiger partial charge in [0, 0.05) is 17.7 Å². The zero-order chi connectivity index (χ0) is 21.4. The molecule has 1 aliphatic heterocycles. The minimum Gasteiger partial charge on any atom is -0.339 e. The summed E-state index contributed by atoms with van der Waals surface area (Å²) in [6.45, 7) is 1.81. The van der Waals surface area contributed by atoms with Crippen LogP contribution >= 0.6 is 0 Å². The van der Waals surface area contributed by atoms with Crippen molar-refractivity contribution >= 4 is 15.6 Å².